The summed E-state index contributed by atoms with van der Waals surface area (Å²) in [5.41, 5.74) is 0. The summed E-state index contributed by atoms with van der Waals surface area (Å²) in [6, 6.07) is 0. The Morgan fingerprint density at radius 2 is 2.38 bits per heavy atom. The molecule has 2 unspecified atom stereocenters. The van der Waals surface area contributed by atoms with Crippen molar-refractivity contribution in [3.63, 3.8) is 0 Å². The van der Waals surface area contributed by atoms with Crippen LogP contribution in [0.25, 0.3) is 0 Å². The molecule has 2 atom stereocenters. The van der Waals surface area contributed by atoms with Crippen molar-refractivity contribution in [2.75, 3.05) is 5.32 Å². The van der Waals surface area contributed by atoms with E-state index in [4.69, 9.17) is 0 Å². The zero-order chi connectivity index (χ0) is 9.42. The highest BCUT2D eigenvalue weighted by molar-refractivity contribution is 5.92. The predicted molar refractivity (Wildman–Crippen MR) is 47.0 cm³/mol. The summed E-state index contributed by atoms with van der Waals surface area (Å²) in [6.07, 6.45) is 0.981. The van der Waals surface area contributed by atoms with Gasteiger partial charge in [0.2, 0.25) is 11.9 Å². The molecule has 0 spiro atoms. The van der Waals surface area contributed by atoms with E-state index in [1.807, 2.05) is 0 Å². The van der Waals surface area contributed by atoms with E-state index in [0.29, 0.717) is 17.7 Å². The van der Waals surface area contributed by atoms with E-state index < -0.39 is 0 Å². The molecular weight excluding hydrogens is 168 g/mol. The largest absolute Gasteiger partial charge is 0.293 e. The maximum absolute atomic E-state index is 11.4. The van der Waals surface area contributed by atoms with Gasteiger partial charge >= 0.3 is 0 Å². The number of H-pyrrole nitrogens is 1. The second-order valence-corrected chi connectivity index (χ2v) is 3.55. The monoisotopic (exact) mass is 180 g/mol. The van der Waals surface area contributed by atoms with Gasteiger partial charge in [-0.15, -0.1) is 5.10 Å². The number of carbonyl (C=O) groups excluding carboxylic acids is 1. The van der Waals surface area contributed by atoms with Crippen LogP contribution in [0.15, 0.2) is 0 Å². The number of anilines is 1. The molecule has 2 N–H and O–H groups in total. The molecule has 1 aliphatic carbocycles. The summed E-state index contributed by atoms with van der Waals surface area (Å²) in [4.78, 5) is 15.4. The van der Waals surface area contributed by atoms with Crippen LogP contribution in [0.4, 0.5) is 5.95 Å². The molecule has 0 aliphatic heterocycles. The van der Waals surface area contributed by atoms with Crippen LogP contribution in [-0.2, 0) is 4.79 Å². The van der Waals surface area contributed by atoms with Crippen molar-refractivity contribution in [1.82, 2.24) is 15.2 Å². The highest BCUT2D eigenvalue weighted by atomic mass is 16.2. The van der Waals surface area contributed by atoms with Crippen molar-refractivity contribution in [3.8, 4) is 0 Å². The zero-order valence-electron chi connectivity index (χ0n) is 7.66. The average molecular weight is 180 g/mol. The standard InChI is InChI=1S/C8H12N4O/c1-4-3-6(4)7(13)10-8-9-5(2)11-12-8/h4,6H,3H2,1-2H3,(H2,9,10,11,12,13). The number of carbonyl (C=O) groups is 1. The van der Waals surface area contributed by atoms with Crippen LogP contribution in [0, 0.1) is 18.8 Å². The minimum Gasteiger partial charge on any atom is -0.293 e. The molecular formula is C8H12N4O. The fraction of sp³-hybridized carbons (Fsp3) is 0.625. The fourth-order valence-corrected chi connectivity index (χ4v) is 1.29. The number of rotatable bonds is 2. The number of hydrogen-bond acceptors (Lipinski definition) is 3. The maximum atomic E-state index is 11.4. The predicted octanol–water partition coefficient (Wildman–Crippen LogP) is 0.708. The third kappa shape index (κ3) is 1.68. The molecule has 1 fully saturated rings. The van der Waals surface area contributed by atoms with E-state index in [0.717, 1.165) is 6.42 Å². The van der Waals surface area contributed by atoms with E-state index in [9.17, 15) is 4.79 Å². The summed E-state index contributed by atoms with van der Waals surface area (Å²) in [7, 11) is 0. The molecule has 70 valence electrons. The number of nitrogens with one attached hydrogen (secondary N) is 2. The Morgan fingerprint density at radius 1 is 1.69 bits per heavy atom. The third-order valence-electron chi connectivity index (χ3n) is 2.28. The second-order valence-electron chi connectivity index (χ2n) is 3.55. The maximum Gasteiger partial charge on any atom is 0.248 e. The number of nitrogens with zero attached hydrogens (tertiary/aromatic N) is 2. The van der Waals surface area contributed by atoms with Crippen molar-refractivity contribution in [1.29, 1.82) is 0 Å². The molecule has 2 rings (SSSR count). The minimum absolute atomic E-state index is 0.0338. The molecule has 0 bridgehead atoms. The molecule has 13 heavy (non-hydrogen) atoms. The van der Waals surface area contributed by atoms with E-state index in [-0.39, 0.29) is 11.8 Å². The molecule has 1 amide bonds. The van der Waals surface area contributed by atoms with E-state index in [1.165, 1.54) is 0 Å². The summed E-state index contributed by atoms with van der Waals surface area (Å²) in [5, 5.41) is 9.15. The number of aryl methyl sites for hydroxylation is 1. The van der Waals surface area contributed by atoms with Crippen LogP contribution in [0.2, 0.25) is 0 Å². The Morgan fingerprint density at radius 3 is 2.85 bits per heavy atom. The molecule has 0 saturated heterocycles. The highest BCUT2D eigenvalue weighted by Gasteiger charge is 2.39. The molecule has 1 aliphatic rings. The van der Waals surface area contributed by atoms with E-state index in [2.05, 4.69) is 27.4 Å². The van der Waals surface area contributed by atoms with E-state index >= 15 is 0 Å². The van der Waals surface area contributed by atoms with E-state index in [1.54, 1.807) is 6.92 Å². The average Bonchev–Trinajstić information content (AvgIpc) is 2.66. The molecule has 1 aromatic rings. The van der Waals surface area contributed by atoms with Gasteiger partial charge in [-0.2, -0.15) is 4.98 Å². The van der Waals surface area contributed by atoms with Crippen molar-refractivity contribution in [2.24, 2.45) is 11.8 Å². The molecule has 1 saturated carbocycles. The van der Waals surface area contributed by atoms with Crippen molar-refractivity contribution >= 4 is 11.9 Å². The van der Waals surface area contributed by atoms with Crippen LogP contribution in [0.3, 0.4) is 0 Å². The van der Waals surface area contributed by atoms with Gasteiger partial charge in [-0.05, 0) is 19.3 Å². The first-order valence-corrected chi connectivity index (χ1v) is 4.36. The first-order chi connectivity index (χ1) is 6.16. The van der Waals surface area contributed by atoms with Gasteiger partial charge < -0.3 is 0 Å². The Labute approximate surface area is 75.9 Å². The molecule has 5 nitrogen and oxygen atoms in total. The molecule has 1 aromatic heterocycles. The van der Waals surface area contributed by atoms with Gasteiger partial charge in [-0.1, -0.05) is 6.92 Å². The highest BCUT2D eigenvalue weighted by Crippen LogP contribution is 2.38. The lowest BCUT2D eigenvalue weighted by Gasteiger charge is -1.96. The van der Waals surface area contributed by atoms with Gasteiger partial charge in [-0.3, -0.25) is 15.2 Å². The van der Waals surface area contributed by atoms with Crippen LogP contribution >= 0.6 is 0 Å². The van der Waals surface area contributed by atoms with Crippen LogP contribution in [0.5, 0.6) is 0 Å². The summed E-state index contributed by atoms with van der Waals surface area (Å²) in [5.74, 6) is 1.80. The summed E-state index contributed by atoms with van der Waals surface area (Å²) >= 11 is 0. The topological polar surface area (TPSA) is 70.7 Å². The Bertz CT molecular complexity index is 333. The Hall–Kier alpha value is -1.39. The number of amides is 1. The van der Waals surface area contributed by atoms with Gasteiger partial charge in [0.05, 0.1) is 0 Å². The Kier molecular flexibility index (Phi) is 1.79. The molecule has 1 heterocycles. The fourth-order valence-electron chi connectivity index (χ4n) is 1.29. The first kappa shape index (κ1) is 8.22. The van der Waals surface area contributed by atoms with Gasteiger partial charge in [0.25, 0.3) is 0 Å². The first-order valence-electron chi connectivity index (χ1n) is 4.36. The van der Waals surface area contributed by atoms with Gasteiger partial charge in [0.15, 0.2) is 0 Å². The number of aromatic nitrogens is 3. The number of hydrogen-bond donors (Lipinski definition) is 2. The van der Waals surface area contributed by atoms with Crippen LogP contribution in [-0.4, -0.2) is 21.1 Å². The van der Waals surface area contributed by atoms with Crippen molar-refractivity contribution < 1.29 is 4.79 Å². The number of aromatic amines is 1. The summed E-state index contributed by atoms with van der Waals surface area (Å²) < 4.78 is 0. The van der Waals surface area contributed by atoms with Crippen molar-refractivity contribution in [3.05, 3.63) is 5.82 Å². The van der Waals surface area contributed by atoms with Gasteiger partial charge in [0, 0.05) is 5.92 Å². The van der Waals surface area contributed by atoms with Crippen LogP contribution in [0.1, 0.15) is 19.2 Å². The lowest BCUT2D eigenvalue weighted by molar-refractivity contribution is -0.117. The normalized spacial score (nSPS) is 25.7. The SMILES string of the molecule is Cc1nc(NC(=O)C2CC2C)n[nH]1. The van der Waals surface area contributed by atoms with Gasteiger partial charge in [-0.25, -0.2) is 0 Å². The molecule has 0 aromatic carbocycles. The quantitative estimate of drug-likeness (QED) is 0.704. The van der Waals surface area contributed by atoms with Crippen molar-refractivity contribution in [2.45, 2.75) is 20.3 Å². The zero-order valence-corrected chi connectivity index (χ0v) is 7.66. The second kappa shape index (κ2) is 2.83. The van der Waals surface area contributed by atoms with Gasteiger partial charge in [0.1, 0.15) is 5.82 Å². The Balaban J connectivity index is 1.95. The summed E-state index contributed by atoms with van der Waals surface area (Å²) in [6.45, 7) is 3.86. The van der Waals surface area contributed by atoms with Crippen LogP contribution < -0.4 is 5.32 Å². The third-order valence-corrected chi connectivity index (χ3v) is 2.28. The lowest BCUT2D eigenvalue weighted by Crippen LogP contribution is -2.15. The molecule has 0 radical (unpaired) electrons. The molecule has 5 heteroatoms. The minimum atomic E-state index is 0.0338. The smallest absolute Gasteiger partial charge is 0.248 e. The lowest BCUT2D eigenvalue weighted by atomic mass is 10.3.